The van der Waals surface area contributed by atoms with Crippen LogP contribution < -0.4 is 10.6 Å². The van der Waals surface area contributed by atoms with Gasteiger partial charge < -0.3 is 20.3 Å². The summed E-state index contributed by atoms with van der Waals surface area (Å²) in [6.07, 6.45) is -0.740. The molecule has 3 N–H and O–H groups in total. The molecule has 2 aromatic rings. The number of aryl methyl sites for hydroxylation is 3. The Morgan fingerprint density at radius 2 is 2.00 bits per heavy atom. The number of rotatable bonds is 5. The lowest BCUT2D eigenvalue weighted by atomic mass is 10.0. The van der Waals surface area contributed by atoms with E-state index in [0.29, 0.717) is 5.76 Å². The molecule has 0 saturated carbocycles. The highest BCUT2D eigenvalue weighted by Gasteiger charge is 2.18. The normalized spacial score (nSPS) is 13.4. The van der Waals surface area contributed by atoms with Gasteiger partial charge in [-0.25, -0.2) is 4.79 Å². The molecule has 0 bridgehead atoms. The summed E-state index contributed by atoms with van der Waals surface area (Å²) in [5, 5.41) is 19.6. The van der Waals surface area contributed by atoms with Crippen LogP contribution in [0.15, 0.2) is 28.8 Å². The molecule has 2 amide bonds. The first-order valence-electron chi connectivity index (χ1n) is 7.61. The number of aliphatic hydroxyl groups excluding tert-OH is 1. The van der Waals surface area contributed by atoms with Gasteiger partial charge in [0.25, 0.3) is 0 Å². The fourth-order valence-corrected chi connectivity index (χ4v) is 2.69. The number of nitrogens with one attached hydrogen (secondary N) is 2. The summed E-state index contributed by atoms with van der Waals surface area (Å²) < 4.78 is 5.11. The minimum absolute atomic E-state index is 0.144. The molecule has 1 aromatic heterocycles. The van der Waals surface area contributed by atoms with Gasteiger partial charge in [-0.15, -0.1) is 0 Å². The molecule has 6 nitrogen and oxygen atoms in total. The molecule has 0 aliphatic carbocycles. The number of carbonyl (C=O) groups excluding carboxylic acids is 1. The van der Waals surface area contributed by atoms with Gasteiger partial charge in [-0.3, -0.25) is 0 Å². The molecule has 23 heavy (non-hydrogen) atoms. The monoisotopic (exact) mass is 317 g/mol. The molecule has 1 heterocycles. The van der Waals surface area contributed by atoms with E-state index in [-0.39, 0.29) is 18.6 Å². The van der Waals surface area contributed by atoms with E-state index in [1.807, 2.05) is 52.0 Å². The summed E-state index contributed by atoms with van der Waals surface area (Å²) in [7, 11) is 0. The third-order valence-corrected chi connectivity index (χ3v) is 3.87. The minimum atomic E-state index is -0.740. The Morgan fingerprint density at radius 1 is 1.30 bits per heavy atom. The van der Waals surface area contributed by atoms with Gasteiger partial charge >= 0.3 is 6.03 Å². The summed E-state index contributed by atoms with van der Waals surface area (Å²) in [6.45, 7) is 7.59. The standard InChI is InChI=1S/C17H23N3O3/c1-10-7-5-6-8-14(10)15(21)9-18-17(22)19-11(2)16-12(3)20-23-13(16)4/h5-8,11,15,21H,9H2,1-4H3,(H2,18,19,22). The van der Waals surface area contributed by atoms with Crippen molar-refractivity contribution < 1.29 is 14.4 Å². The van der Waals surface area contributed by atoms with Crippen LogP contribution in [0.1, 0.15) is 47.2 Å². The number of benzene rings is 1. The van der Waals surface area contributed by atoms with Gasteiger partial charge in [0.15, 0.2) is 0 Å². The van der Waals surface area contributed by atoms with E-state index >= 15 is 0 Å². The van der Waals surface area contributed by atoms with Crippen molar-refractivity contribution in [3.8, 4) is 0 Å². The second kappa shape index (κ2) is 7.28. The molecule has 0 radical (unpaired) electrons. The zero-order valence-corrected chi connectivity index (χ0v) is 13.9. The molecule has 0 fully saturated rings. The Hall–Kier alpha value is -2.34. The topological polar surface area (TPSA) is 87.4 Å². The number of hydrogen-bond acceptors (Lipinski definition) is 4. The second-order valence-corrected chi connectivity index (χ2v) is 5.69. The zero-order valence-electron chi connectivity index (χ0n) is 13.9. The molecule has 2 unspecified atom stereocenters. The number of urea groups is 1. The van der Waals surface area contributed by atoms with Crippen LogP contribution in [0.2, 0.25) is 0 Å². The van der Waals surface area contributed by atoms with Crippen LogP contribution in [-0.2, 0) is 0 Å². The van der Waals surface area contributed by atoms with Crippen LogP contribution in [0.5, 0.6) is 0 Å². The first kappa shape index (κ1) is 17.0. The van der Waals surface area contributed by atoms with Crippen LogP contribution in [0.3, 0.4) is 0 Å². The van der Waals surface area contributed by atoms with Crippen molar-refractivity contribution in [3.63, 3.8) is 0 Å². The lowest BCUT2D eigenvalue weighted by molar-refractivity contribution is 0.172. The maximum Gasteiger partial charge on any atom is 0.315 e. The number of carbonyl (C=O) groups is 1. The Balaban J connectivity index is 1.89. The van der Waals surface area contributed by atoms with Crippen molar-refractivity contribution in [1.29, 1.82) is 0 Å². The third kappa shape index (κ3) is 4.10. The molecule has 0 aliphatic rings. The van der Waals surface area contributed by atoms with E-state index in [2.05, 4.69) is 15.8 Å². The zero-order chi connectivity index (χ0) is 17.0. The Morgan fingerprint density at radius 3 is 2.61 bits per heavy atom. The van der Waals surface area contributed by atoms with Crippen molar-refractivity contribution in [1.82, 2.24) is 15.8 Å². The summed E-state index contributed by atoms with van der Waals surface area (Å²) >= 11 is 0. The summed E-state index contributed by atoms with van der Waals surface area (Å²) in [4.78, 5) is 12.0. The number of hydrogen-bond donors (Lipinski definition) is 3. The second-order valence-electron chi connectivity index (χ2n) is 5.69. The Kier molecular flexibility index (Phi) is 5.39. The fraction of sp³-hybridized carbons (Fsp3) is 0.412. The van der Waals surface area contributed by atoms with E-state index in [0.717, 1.165) is 22.4 Å². The highest BCUT2D eigenvalue weighted by atomic mass is 16.5. The van der Waals surface area contributed by atoms with E-state index in [9.17, 15) is 9.90 Å². The maximum absolute atomic E-state index is 12.0. The SMILES string of the molecule is Cc1ccccc1C(O)CNC(=O)NC(C)c1c(C)noc1C. The first-order valence-corrected chi connectivity index (χ1v) is 7.61. The van der Waals surface area contributed by atoms with Gasteiger partial charge in [-0.05, 0) is 38.8 Å². The molecule has 124 valence electrons. The van der Waals surface area contributed by atoms with Crippen molar-refractivity contribution in [2.45, 2.75) is 39.8 Å². The van der Waals surface area contributed by atoms with Crippen LogP contribution >= 0.6 is 0 Å². The lowest BCUT2D eigenvalue weighted by Gasteiger charge is -2.17. The van der Waals surface area contributed by atoms with Crippen molar-refractivity contribution >= 4 is 6.03 Å². The van der Waals surface area contributed by atoms with Crippen molar-refractivity contribution in [2.24, 2.45) is 0 Å². The van der Waals surface area contributed by atoms with Crippen LogP contribution in [0.4, 0.5) is 4.79 Å². The molecule has 0 spiro atoms. The predicted octanol–water partition coefficient (Wildman–Crippen LogP) is 2.69. The van der Waals surface area contributed by atoms with Gasteiger partial charge in [0.05, 0.1) is 17.8 Å². The minimum Gasteiger partial charge on any atom is -0.387 e. The average Bonchev–Trinajstić information content (AvgIpc) is 2.84. The fourth-order valence-electron chi connectivity index (χ4n) is 2.69. The van der Waals surface area contributed by atoms with Gasteiger partial charge in [-0.1, -0.05) is 29.4 Å². The molecule has 1 aromatic carbocycles. The maximum atomic E-state index is 12.0. The summed E-state index contributed by atoms with van der Waals surface area (Å²) in [6, 6.07) is 6.99. The quantitative estimate of drug-likeness (QED) is 0.791. The predicted molar refractivity (Wildman–Crippen MR) is 87.1 cm³/mol. The number of nitrogens with zero attached hydrogens (tertiary/aromatic N) is 1. The van der Waals surface area contributed by atoms with E-state index < -0.39 is 6.10 Å². The summed E-state index contributed by atoms with van der Waals surface area (Å²) in [5.41, 5.74) is 3.44. The Bertz CT molecular complexity index is 662. The molecular weight excluding hydrogens is 294 g/mol. The van der Waals surface area contributed by atoms with Crippen molar-refractivity contribution in [3.05, 3.63) is 52.4 Å². The van der Waals surface area contributed by atoms with Gasteiger partial charge in [-0.2, -0.15) is 0 Å². The smallest absolute Gasteiger partial charge is 0.315 e. The van der Waals surface area contributed by atoms with Gasteiger partial charge in [0.2, 0.25) is 0 Å². The third-order valence-electron chi connectivity index (χ3n) is 3.87. The average molecular weight is 317 g/mol. The molecule has 0 aliphatic heterocycles. The highest BCUT2D eigenvalue weighted by Crippen LogP contribution is 2.21. The van der Waals surface area contributed by atoms with Gasteiger partial charge in [0.1, 0.15) is 5.76 Å². The van der Waals surface area contributed by atoms with Crippen LogP contribution in [0.25, 0.3) is 0 Å². The molecule has 2 rings (SSSR count). The molecule has 0 saturated heterocycles. The number of aromatic nitrogens is 1. The van der Waals surface area contributed by atoms with E-state index in [4.69, 9.17) is 4.52 Å². The van der Waals surface area contributed by atoms with Crippen LogP contribution in [0, 0.1) is 20.8 Å². The molecular formula is C17H23N3O3. The van der Waals surface area contributed by atoms with E-state index in [1.165, 1.54) is 0 Å². The molecule has 2 atom stereocenters. The largest absolute Gasteiger partial charge is 0.387 e. The van der Waals surface area contributed by atoms with Crippen molar-refractivity contribution in [2.75, 3.05) is 6.54 Å². The highest BCUT2D eigenvalue weighted by molar-refractivity contribution is 5.74. The Labute approximate surface area is 135 Å². The van der Waals surface area contributed by atoms with E-state index in [1.54, 1.807) is 0 Å². The number of amides is 2. The van der Waals surface area contributed by atoms with Crippen LogP contribution in [-0.4, -0.2) is 22.8 Å². The first-order chi connectivity index (χ1) is 10.9. The number of aliphatic hydroxyl groups is 1. The lowest BCUT2D eigenvalue weighted by Crippen LogP contribution is -2.39. The van der Waals surface area contributed by atoms with Gasteiger partial charge in [0, 0.05) is 12.1 Å². The molecule has 6 heteroatoms. The summed E-state index contributed by atoms with van der Waals surface area (Å²) in [5.74, 6) is 0.690.